The van der Waals surface area contributed by atoms with Gasteiger partial charge in [-0.2, -0.15) is 17.9 Å². The normalized spacial score (nSPS) is 20.0. The van der Waals surface area contributed by atoms with E-state index in [9.17, 15) is 13.2 Å². The predicted octanol–water partition coefficient (Wildman–Crippen LogP) is 3.35. The first kappa shape index (κ1) is 21.3. The number of ether oxygens (including phenoxy) is 1. The zero-order valence-electron chi connectivity index (χ0n) is 17.0. The molecule has 2 aromatic carbocycles. The van der Waals surface area contributed by atoms with Gasteiger partial charge < -0.3 is 10.5 Å². The average Bonchev–Trinajstić information content (AvgIpc) is 3.25. The molecule has 4 rings (SSSR count). The first-order chi connectivity index (χ1) is 14.9. The number of likely N-dealkylation sites (tertiary alicyclic amines) is 1. The second kappa shape index (κ2) is 8.64. The molecular formula is C21H23F3N6O. The minimum atomic E-state index is -4.67. The van der Waals surface area contributed by atoms with E-state index in [0.717, 1.165) is 30.5 Å². The Morgan fingerprint density at radius 2 is 1.94 bits per heavy atom. The van der Waals surface area contributed by atoms with Crippen molar-refractivity contribution < 1.29 is 17.9 Å². The maximum absolute atomic E-state index is 13.3. The Balaban J connectivity index is 1.69. The van der Waals surface area contributed by atoms with Crippen LogP contribution in [0.4, 0.5) is 13.2 Å². The predicted molar refractivity (Wildman–Crippen MR) is 108 cm³/mol. The number of alkyl halides is 3. The molecule has 1 saturated heterocycles. The van der Waals surface area contributed by atoms with Crippen molar-refractivity contribution in [2.24, 2.45) is 5.73 Å². The fourth-order valence-electron chi connectivity index (χ4n) is 4.16. The molecule has 0 bridgehead atoms. The molecule has 2 atom stereocenters. The highest BCUT2D eigenvalue weighted by molar-refractivity contribution is 5.44. The summed E-state index contributed by atoms with van der Waals surface area (Å²) in [5, 5.41) is 9.86. The number of aromatic nitrogens is 4. The summed E-state index contributed by atoms with van der Waals surface area (Å²) in [6.07, 6.45) is -2.81. The van der Waals surface area contributed by atoms with Gasteiger partial charge in [0.25, 0.3) is 5.82 Å². The van der Waals surface area contributed by atoms with E-state index >= 15 is 0 Å². The second-order valence-electron chi connectivity index (χ2n) is 7.54. The Hall–Kier alpha value is -2.98. The molecule has 0 radical (unpaired) electrons. The third-order valence-corrected chi connectivity index (χ3v) is 5.53. The van der Waals surface area contributed by atoms with Crippen LogP contribution in [0.5, 0.6) is 5.75 Å². The number of nitrogens with zero attached hydrogens (tertiary/aromatic N) is 5. The first-order valence-electron chi connectivity index (χ1n) is 9.96. The maximum Gasteiger partial charge on any atom is 0.453 e. The van der Waals surface area contributed by atoms with Crippen molar-refractivity contribution >= 4 is 0 Å². The number of benzene rings is 2. The molecule has 2 N–H and O–H groups in total. The Bertz CT molecular complexity index is 1020. The van der Waals surface area contributed by atoms with Crippen LogP contribution in [0.25, 0.3) is 5.69 Å². The van der Waals surface area contributed by atoms with Crippen LogP contribution in [-0.2, 0) is 12.7 Å². The summed E-state index contributed by atoms with van der Waals surface area (Å²) < 4.78 is 46.0. The number of hydrogen-bond acceptors (Lipinski definition) is 6. The standard InChI is InChI=1S/C21H23F3N6O/c1-31-18-10-9-16(30-20(21(22,23)24)26-27-28-30)12-15(18)13-29-11-5-8-17(25)19(29)14-6-3-2-4-7-14/h2-4,6-7,9-10,12,17,19H,5,8,11,13,25H2,1H3/t17?,19-/m1/s1. The number of methoxy groups -OCH3 is 1. The average molecular weight is 432 g/mol. The van der Waals surface area contributed by atoms with Crippen molar-refractivity contribution in [2.75, 3.05) is 13.7 Å². The minimum absolute atomic E-state index is 0.00193. The Morgan fingerprint density at radius 1 is 1.16 bits per heavy atom. The molecule has 164 valence electrons. The van der Waals surface area contributed by atoms with Gasteiger partial charge in [-0.1, -0.05) is 30.3 Å². The van der Waals surface area contributed by atoms with Crippen LogP contribution in [0.3, 0.4) is 0 Å². The lowest BCUT2D eigenvalue weighted by Gasteiger charge is -2.40. The zero-order valence-corrected chi connectivity index (χ0v) is 17.0. The van der Waals surface area contributed by atoms with E-state index in [2.05, 4.69) is 20.4 Å². The van der Waals surface area contributed by atoms with Crippen molar-refractivity contribution in [1.82, 2.24) is 25.1 Å². The molecule has 0 aliphatic carbocycles. The van der Waals surface area contributed by atoms with E-state index in [-0.39, 0.29) is 17.8 Å². The van der Waals surface area contributed by atoms with Crippen LogP contribution >= 0.6 is 0 Å². The molecule has 2 heterocycles. The molecule has 3 aromatic rings. The monoisotopic (exact) mass is 432 g/mol. The molecule has 1 aromatic heterocycles. The molecule has 0 saturated carbocycles. The molecule has 0 amide bonds. The van der Waals surface area contributed by atoms with Gasteiger partial charge in [0.05, 0.1) is 18.8 Å². The lowest BCUT2D eigenvalue weighted by molar-refractivity contribution is -0.146. The van der Waals surface area contributed by atoms with Crippen LogP contribution in [0.1, 0.15) is 35.8 Å². The molecule has 7 nitrogen and oxygen atoms in total. The van der Waals surface area contributed by atoms with Gasteiger partial charge in [0.2, 0.25) is 0 Å². The minimum Gasteiger partial charge on any atom is -0.496 e. The summed E-state index contributed by atoms with van der Waals surface area (Å²) >= 11 is 0. The van der Waals surface area contributed by atoms with E-state index in [1.165, 1.54) is 13.2 Å². The third-order valence-electron chi connectivity index (χ3n) is 5.53. The smallest absolute Gasteiger partial charge is 0.453 e. The van der Waals surface area contributed by atoms with Crippen molar-refractivity contribution in [2.45, 2.75) is 37.6 Å². The van der Waals surface area contributed by atoms with Gasteiger partial charge in [-0.05, 0) is 53.6 Å². The third kappa shape index (κ3) is 4.40. The largest absolute Gasteiger partial charge is 0.496 e. The number of tetrazole rings is 1. The lowest BCUT2D eigenvalue weighted by Crippen LogP contribution is -2.45. The van der Waals surface area contributed by atoms with Crippen LogP contribution in [0, 0.1) is 0 Å². The topological polar surface area (TPSA) is 82.1 Å². The summed E-state index contributed by atoms with van der Waals surface area (Å²) in [6.45, 7) is 1.28. The van der Waals surface area contributed by atoms with Gasteiger partial charge >= 0.3 is 6.18 Å². The van der Waals surface area contributed by atoms with Crippen molar-refractivity contribution in [1.29, 1.82) is 0 Å². The highest BCUT2D eigenvalue weighted by Crippen LogP contribution is 2.34. The van der Waals surface area contributed by atoms with E-state index < -0.39 is 12.0 Å². The summed E-state index contributed by atoms with van der Waals surface area (Å²) in [6, 6.07) is 14.7. The highest BCUT2D eigenvalue weighted by Gasteiger charge is 2.38. The first-order valence-corrected chi connectivity index (χ1v) is 9.96. The molecule has 1 aliphatic rings. The van der Waals surface area contributed by atoms with Crippen molar-refractivity contribution in [3.05, 3.63) is 65.5 Å². The van der Waals surface area contributed by atoms with E-state index in [1.54, 1.807) is 12.1 Å². The van der Waals surface area contributed by atoms with E-state index in [0.29, 0.717) is 17.0 Å². The molecular weight excluding hydrogens is 409 g/mol. The fourth-order valence-corrected chi connectivity index (χ4v) is 4.16. The molecule has 1 aliphatic heterocycles. The number of rotatable bonds is 5. The fraction of sp³-hybridized carbons (Fsp3) is 0.381. The van der Waals surface area contributed by atoms with Gasteiger partial charge in [-0.15, -0.1) is 5.10 Å². The summed E-state index contributed by atoms with van der Waals surface area (Å²) in [5.74, 6) is -0.595. The molecule has 0 spiro atoms. The van der Waals surface area contributed by atoms with Gasteiger partial charge in [0.1, 0.15) is 5.75 Å². The Labute approximate surface area is 177 Å². The summed E-state index contributed by atoms with van der Waals surface area (Å²) in [5.41, 5.74) is 8.54. The molecule has 1 unspecified atom stereocenters. The van der Waals surface area contributed by atoms with Crippen LogP contribution in [-0.4, -0.2) is 44.8 Å². The van der Waals surface area contributed by atoms with Crippen LogP contribution < -0.4 is 10.5 Å². The Kier molecular flexibility index (Phi) is 5.92. The Morgan fingerprint density at radius 3 is 2.65 bits per heavy atom. The zero-order chi connectivity index (χ0) is 22.0. The maximum atomic E-state index is 13.3. The van der Waals surface area contributed by atoms with Gasteiger partial charge in [0.15, 0.2) is 0 Å². The SMILES string of the molecule is COc1ccc(-n2nnnc2C(F)(F)F)cc1CN1CCCC(N)[C@H]1c1ccccc1. The molecule has 10 heteroatoms. The lowest BCUT2D eigenvalue weighted by atomic mass is 9.90. The van der Waals surface area contributed by atoms with E-state index in [1.807, 2.05) is 30.3 Å². The summed E-state index contributed by atoms with van der Waals surface area (Å²) in [7, 11) is 1.54. The van der Waals surface area contributed by atoms with Gasteiger partial charge in [-0.25, -0.2) is 0 Å². The second-order valence-corrected chi connectivity index (χ2v) is 7.54. The molecule has 1 fully saturated rings. The van der Waals surface area contributed by atoms with Crippen molar-refractivity contribution in [3.63, 3.8) is 0 Å². The van der Waals surface area contributed by atoms with E-state index in [4.69, 9.17) is 10.5 Å². The number of halogens is 3. The quantitative estimate of drug-likeness (QED) is 0.666. The van der Waals surface area contributed by atoms with Crippen molar-refractivity contribution in [3.8, 4) is 11.4 Å². The summed E-state index contributed by atoms with van der Waals surface area (Å²) in [4.78, 5) is 2.25. The molecule has 31 heavy (non-hydrogen) atoms. The van der Waals surface area contributed by atoms with Gasteiger partial charge in [-0.3, -0.25) is 4.90 Å². The van der Waals surface area contributed by atoms with Crippen LogP contribution in [0.15, 0.2) is 48.5 Å². The number of hydrogen-bond donors (Lipinski definition) is 1. The highest BCUT2D eigenvalue weighted by atomic mass is 19.4. The number of piperidine rings is 1. The number of nitrogens with two attached hydrogens (primary N) is 1. The van der Waals surface area contributed by atoms with Crippen LogP contribution in [0.2, 0.25) is 0 Å². The van der Waals surface area contributed by atoms with Gasteiger partial charge in [0, 0.05) is 18.2 Å².